The SMILES string of the molecule is CCSC1Cc2c(Cl)c(C(=O)C3C(=O)CCCC3=O)cc(C)c2S1. The van der Waals surface area contributed by atoms with Gasteiger partial charge in [-0.1, -0.05) is 18.5 Å². The van der Waals surface area contributed by atoms with E-state index in [2.05, 4.69) is 6.92 Å². The minimum absolute atomic E-state index is 0.265. The smallest absolute Gasteiger partial charge is 0.182 e. The molecule has 0 aromatic heterocycles. The number of carbonyl (C=O) groups is 3. The highest BCUT2D eigenvalue weighted by Crippen LogP contribution is 2.48. The van der Waals surface area contributed by atoms with Crippen LogP contribution in [0.15, 0.2) is 11.0 Å². The summed E-state index contributed by atoms with van der Waals surface area (Å²) >= 11 is 10.2. The van der Waals surface area contributed by atoms with Crippen molar-refractivity contribution >= 4 is 52.5 Å². The Bertz CT molecular complexity index is 713. The van der Waals surface area contributed by atoms with Crippen molar-refractivity contribution in [2.24, 2.45) is 5.92 Å². The highest BCUT2D eigenvalue weighted by molar-refractivity contribution is 8.17. The highest BCUT2D eigenvalue weighted by atomic mass is 35.5. The molecule has 0 spiro atoms. The molecule has 2 aliphatic rings. The number of Topliss-reactive ketones (excluding diaryl/α,β-unsaturated/α-hetero) is 3. The summed E-state index contributed by atoms with van der Waals surface area (Å²) in [5.74, 6) is -1.07. The summed E-state index contributed by atoms with van der Waals surface area (Å²) < 4.78 is 0.407. The van der Waals surface area contributed by atoms with Gasteiger partial charge in [0, 0.05) is 23.3 Å². The molecule has 1 atom stereocenters. The van der Waals surface area contributed by atoms with Crippen LogP contribution < -0.4 is 0 Å². The number of aryl methyl sites for hydroxylation is 1. The van der Waals surface area contributed by atoms with Gasteiger partial charge in [-0.15, -0.1) is 23.5 Å². The van der Waals surface area contributed by atoms with Crippen LogP contribution in [0, 0.1) is 12.8 Å². The van der Waals surface area contributed by atoms with Gasteiger partial charge in [-0.05, 0) is 42.7 Å². The van der Waals surface area contributed by atoms with Crippen molar-refractivity contribution in [2.75, 3.05) is 5.75 Å². The molecule has 3 nitrogen and oxygen atoms in total. The van der Waals surface area contributed by atoms with Crippen LogP contribution in [-0.2, 0) is 16.0 Å². The fourth-order valence-corrected chi connectivity index (χ4v) is 6.43. The fourth-order valence-electron chi connectivity index (χ4n) is 3.34. The highest BCUT2D eigenvalue weighted by Gasteiger charge is 2.38. The molecule has 128 valence electrons. The largest absolute Gasteiger partial charge is 0.298 e. The molecule has 0 amide bonds. The predicted octanol–water partition coefficient (Wildman–Crippen LogP) is 4.50. The molecule has 1 aromatic rings. The van der Waals surface area contributed by atoms with Gasteiger partial charge in [0.2, 0.25) is 0 Å². The lowest BCUT2D eigenvalue weighted by molar-refractivity contribution is -0.133. The number of hydrogen-bond donors (Lipinski definition) is 0. The molecule has 1 heterocycles. The Morgan fingerprint density at radius 2 is 2.00 bits per heavy atom. The summed E-state index contributed by atoms with van der Waals surface area (Å²) in [4.78, 5) is 38.2. The lowest BCUT2D eigenvalue weighted by Gasteiger charge is -2.20. The maximum atomic E-state index is 12.9. The van der Waals surface area contributed by atoms with E-state index < -0.39 is 11.7 Å². The third-order valence-electron chi connectivity index (χ3n) is 4.49. The zero-order valence-electron chi connectivity index (χ0n) is 13.7. The van der Waals surface area contributed by atoms with Gasteiger partial charge >= 0.3 is 0 Å². The van der Waals surface area contributed by atoms with E-state index in [9.17, 15) is 14.4 Å². The summed E-state index contributed by atoms with van der Waals surface area (Å²) in [7, 11) is 0. The molecule has 0 radical (unpaired) electrons. The summed E-state index contributed by atoms with van der Waals surface area (Å²) in [5.41, 5.74) is 2.33. The Kier molecular flexibility index (Phi) is 5.42. The standard InChI is InChI=1S/C18H19ClO3S2/c1-3-23-14-8-11-16(19)10(7-9(2)18(11)24-14)17(22)15-12(20)5-4-6-13(15)21/h7,14-15H,3-6,8H2,1-2H3. The molecule has 1 saturated carbocycles. The molecule has 1 unspecified atom stereocenters. The average Bonchev–Trinajstić information content (AvgIpc) is 2.96. The Balaban J connectivity index is 1.97. The number of benzene rings is 1. The molecule has 0 bridgehead atoms. The third kappa shape index (κ3) is 3.18. The average molecular weight is 383 g/mol. The van der Waals surface area contributed by atoms with Gasteiger partial charge in [0.15, 0.2) is 17.3 Å². The first-order valence-corrected chi connectivity index (χ1v) is 10.4. The van der Waals surface area contributed by atoms with Gasteiger partial charge in [-0.3, -0.25) is 14.4 Å². The normalized spacial score (nSPS) is 21.2. The van der Waals surface area contributed by atoms with Crippen LogP contribution >= 0.6 is 35.1 Å². The molecule has 24 heavy (non-hydrogen) atoms. The number of fused-ring (bicyclic) bond motifs is 1. The molecule has 1 aliphatic carbocycles. The molecule has 0 N–H and O–H groups in total. The van der Waals surface area contributed by atoms with Crippen molar-refractivity contribution in [3.63, 3.8) is 0 Å². The van der Waals surface area contributed by atoms with Crippen molar-refractivity contribution in [2.45, 2.75) is 49.0 Å². The number of rotatable bonds is 4. The zero-order valence-corrected chi connectivity index (χ0v) is 16.1. The summed E-state index contributed by atoms with van der Waals surface area (Å²) in [6.07, 6.45) is 1.96. The van der Waals surface area contributed by atoms with Gasteiger partial charge in [-0.25, -0.2) is 0 Å². The van der Waals surface area contributed by atoms with Gasteiger partial charge in [0.1, 0.15) is 5.92 Å². The van der Waals surface area contributed by atoms with Crippen LogP contribution in [0.5, 0.6) is 0 Å². The van der Waals surface area contributed by atoms with E-state index in [1.807, 2.05) is 18.7 Å². The minimum atomic E-state index is -1.15. The van der Waals surface area contributed by atoms with E-state index in [-0.39, 0.29) is 11.6 Å². The molecule has 1 aliphatic heterocycles. The summed E-state index contributed by atoms with van der Waals surface area (Å²) in [6, 6.07) is 1.75. The first-order chi connectivity index (χ1) is 11.4. The van der Waals surface area contributed by atoms with Crippen LogP contribution in [0.2, 0.25) is 5.02 Å². The van der Waals surface area contributed by atoms with Gasteiger partial charge < -0.3 is 0 Å². The number of hydrogen-bond acceptors (Lipinski definition) is 5. The lowest BCUT2D eigenvalue weighted by atomic mass is 9.81. The molecule has 0 saturated heterocycles. The van der Waals surface area contributed by atoms with E-state index in [1.54, 1.807) is 17.8 Å². The number of thioether (sulfide) groups is 2. The molecule has 1 aromatic carbocycles. The molecular weight excluding hydrogens is 364 g/mol. The molecule has 6 heteroatoms. The van der Waals surface area contributed by atoms with Crippen molar-refractivity contribution in [3.05, 3.63) is 27.8 Å². The first kappa shape index (κ1) is 18.0. The quantitative estimate of drug-likeness (QED) is 0.567. The van der Waals surface area contributed by atoms with Crippen molar-refractivity contribution < 1.29 is 14.4 Å². The van der Waals surface area contributed by atoms with E-state index in [0.29, 0.717) is 34.4 Å². The Morgan fingerprint density at radius 3 is 2.62 bits per heavy atom. The van der Waals surface area contributed by atoms with Gasteiger partial charge in [0.05, 0.1) is 9.60 Å². The topological polar surface area (TPSA) is 51.2 Å². The maximum absolute atomic E-state index is 12.9. The van der Waals surface area contributed by atoms with Gasteiger partial charge in [0.25, 0.3) is 0 Å². The lowest BCUT2D eigenvalue weighted by Crippen LogP contribution is -2.35. The monoisotopic (exact) mass is 382 g/mol. The van der Waals surface area contributed by atoms with Crippen molar-refractivity contribution in [1.29, 1.82) is 0 Å². The zero-order chi connectivity index (χ0) is 17.4. The maximum Gasteiger partial charge on any atom is 0.182 e. The number of halogens is 1. The second-order valence-corrected chi connectivity index (χ2v) is 9.52. The minimum Gasteiger partial charge on any atom is -0.298 e. The molecular formula is C18H19ClO3S2. The Morgan fingerprint density at radius 1 is 1.33 bits per heavy atom. The molecule has 3 rings (SSSR count). The first-order valence-electron chi connectivity index (χ1n) is 8.13. The van der Waals surface area contributed by atoms with Gasteiger partial charge in [-0.2, -0.15) is 0 Å². The Hall–Kier alpha value is -0.780. The van der Waals surface area contributed by atoms with Crippen LogP contribution in [0.25, 0.3) is 0 Å². The van der Waals surface area contributed by atoms with Crippen LogP contribution in [0.3, 0.4) is 0 Å². The van der Waals surface area contributed by atoms with E-state index in [4.69, 9.17) is 11.6 Å². The van der Waals surface area contributed by atoms with Crippen LogP contribution in [-0.4, -0.2) is 27.7 Å². The fraction of sp³-hybridized carbons (Fsp3) is 0.500. The van der Waals surface area contributed by atoms with E-state index >= 15 is 0 Å². The van der Waals surface area contributed by atoms with E-state index in [1.165, 1.54) is 0 Å². The van der Waals surface area contributed by atoms with Crippen LogP contribution in [0.4, 0.5) is 0 Å². The second-order valence-electron chi connectivity index (χ2n) is 6.15. The molecule has 1 fully saturated rings. The van der Waals surface area contributed by atoms with Crippen molar-refractivity contribution in [1.82, 2.24) is 0 Å². The number of ketones is 3. The van der Waals surface area contributed by atoms with Crippen molar-refractivity contribution in [3.8, 4) is 0 Å². The predicted molar refractivity (Wildman–Crippen MR) is 99.4 cm³/mol. The Labute approximate surface area is 155 Å². The van der Waals surface area contributed by atoms with Crippen LogP contribution in [0.1, 0.15) is 47.7 Å². The number of carbonyl (C=O) groups excluding carboxylic acids is 3. The summed E-state index contributed by atoms with van der Waals surface area (Å²) in [6.45, 7) is 4.08. The summed E-state index contributed by atoms with van der Waals surface area (Å²) in [5, 5.41) is 0.429. The third-order valence-corrected chi connectivity index (χ3v) is 7.72. The second kappa shape index (κ2) is 7.22. The van der Waals surface area contributed by atoms with E-state index in [0.717, 1.165) is 28.2 Å².